The topological polar surface area (TPSA) is 40.5 Å². The molecular weight excluding hydrogens is 330 g/mol. The van der Waals surface area contributed by atoms with Gasteiger partial charge in [-0.05, 0) is 49.4 Å². The highest BCUT2D eigenvalue weighted by molar-refractivity contribution is 9.10. The normalized spacial score (nSPS) is 28.8. The lowest BCUT2D eigenvalue weighted by molar-refractivity contribution is -0.148. The van der Waals surface area contributed by atoms with Crippen LogP contribution in [0.15, 0.2) is 22.7 Å². The van der Waals surface area contributed by atoms with Crippen molar-refractivity contribution in [1.29, 1.82) is 0 Å². The molecule has 1 aliphatic carbocycles. The highest BCUT2D eigenvalue weighted by Crippen LogP contribution is 2.45. The number of aliphatic carboxylic acids is 1. The van der Waals surface area contributed by atoms with E-state index in [0.29, 0.717) is 12.6 Å². The number of rotatable bonds is 4. The molecule has 1 N–H and O–H groups in total. The van der Waals surface area contributed by atoms with Gasteiger partial charge < -0.3 is 5.11 Å². The summed E-state index contributed by atoms with van der Waals surface area (Å²) >= 11 is 3.64. The van der Waals surface area contributed by atoms with Crippen molar-refractivity contribution in [3.05, 3.63) is 33.8 Å². The molecule has 0 aromatic heterocycles. The minimum atomic E-state index is -0.612. The molecule has 114 valence electrons. The van der Waals surface area contributed by atoms with Crippen molar-refractivity contribution in [2.24, 2.45) is 5.41 Å². The highest BCUT2D eigenvalue weighted by atomic mass is 79.9. The molecule has 1 aromatic rings. The first-order valence-corrected chi connectivity index (χ1v) is 8.61. The predicted octanol–water partition coefficient (Wildman–Crippen LogP) is 4.01. The van der Waals surface area contributed by atoms with Gasteiger partial charge in [0.05, 0.1) is 5.41 Å². The van der Waals surface area contributed by atoms with E-state index in [4.69, 9.17) is 0 Å². The lowest BCUT2D eigenvalue weighted by Crippen LogP contribution is -2.35. The van der Waals surface area contributed by atoms with Crippen LogP contribution in [-0.4, -0.2) is 29.1 Å². The number of carboxylic acids is 1. The molecule has 0 saturated carbocycles. The van der Waals surface area contributed by atoms with Crippen LogP contribution >= 0.6 is 15.9 Å². The Hall–Kier alpha value is -0.870. The average Bonchev–Trinajstić information content (AvgIpc) is 3.04. The van der Waals surface area contributed by atoms with Crippen LogP contribution in [0.2, 0.25) is 0 Å². The molecule has 1 saturated heterocycles. The van der Waals surface area contributed by atoms with Gasteiger partial charge in [0.2, 0.25) is 0 Å². The van der Waals surface area contributed by atoms with Crippen LogP contribution in [0.3, 0.4) is 0 Å². The Kier molecular flexibility index (Phi) is 4.10. The summed E-state index contributed by atoms with van der Waals surface area (Å²) in [6, 6.07) is 6.80. The number of carboxylic acid groups (broad SMARTS) is 1. The molecule has 0 bridgehead atoms. The van der Waals surface area contributed by atoms with E-state index in [9.17, 15) is 9.90 Å². The Morgan fingerprint density at radius 3 is 3.05 bits per heavy atom. The number of hydrogen-bond donors (Lipinski definition) is 1. The SMILES string of the molecule is CCCC1(C(=O)O)CCN(C2CCc3c(Br)cccc32)C1. The van der Waals surface area contributed by atoms with Gasteiger partial charge in [-0.3, -0.25) is 9.69 Å². The zero-order valence-corrected chi connectivity index (χ0v) is 14.0. The van der Waals surface area contributed by atoms with Crippen molar-refractivity contribution >= 4 is 21.9 Å². The Bertz CT molecular complexity index is 560. The summed E-state index contributed by atoms with van der Waals surface area (Å²) in [5.74, 6) is -0.612. The second-order valence-electron chi connectivity index (χ2n) is 6.42. The van der Waals surface area contributed by atoms with E-state index in [0.717, 1.165) is 38.6 Å². The van der Waals surface area contributed by atoms with Crippen LogP contribution < -0.4 is 0 Å². The first-order valence-electron chi connectivity index (χ1n) is 7.82. The lowest BCUT2D eigenvalue weighted by Gasteiger charge is -2.28. The Balaban J connectivity index is 1.82. The van der Waals surface area contributed by atoms with Gasteiger partial charge in [0.1, 0.15) is 0 Å². The summed E-state index contributed by atoms with van der Waals surface area (Å²) in [7, 11) is 0. The summed E-state index contributed by atoms with van der Waals surface area (Å²) in [4.78, 5) is 14.1. The smallest absolute Gasteiger partial charge is 0.310 e. The molecule has 2 aliphatic rings. The fraction of sp³-hybridized carbons (Fsp3) is 0.588. The van der Waals surface area contributed by atoms with E-state index >= 15 is 0 Å². The van der Waals surface area contributed by atoms with Crippen LogP contribution in [0.1, 0.15) is 49.8 Å². The van der Waals surface area contributed by atoms with Gasteiger partial charge >= 0.3 is 5.97 Å². The number of halogens is 1. The fourth-order valence-corrected chi connectivity index (χ4v) is 4.68. The number of nitrogens with zero attached hydrogens (tertiary/aromatic N) is 1. The molecule has 2 atom stereocenters. The van der Waals surface area contributed by atoms with Crippen LogP contribution in [0.25, 0.3) is 0 Å². The van der Waals surface area contributed by atoms with E-state index in [1.165, 1.54) is 15.6 Å². The quantitative estimate of drug-likeness (QED) is 0.890. The third-order valence-corrected chi connectivity index (χ3v) is 5.93. The molecule has 3 nitrogen and oxygen atoms in total. The summed E-state index contributed by atoms with van der Waals surface area (Å²) in [6.07, 6.45) is 4.71. The van der Waals surface area contributed by atoms with Gasteiger partial charge in [-0.25, -0.2) is 0 Å². The van der Waals surface area contributed by atoms with Gasteiger partial charge in [-0.1, -0.05) is 41.4 Å². The first kappa shape index (κ1) is 15.0. The predicted molar refractivity (Wildman–Crippen MR) is 86.4 cm³/mol. The number of hydrogen-bond acceptors (Lipinski definition) is 2. The van der Waals surface area contributed by atoms with Crippen LogP contribution in [-0.2, 0) is 11.2 Å². The number of benzene rings is 1. The maximum atomic E-state index is 11.7. The van der Waals surface area contributed by atoms with Gasteiger partial charge in [0, 0.05) is 17.1 Å². The molecule has 0 spiro atoms. The van der Waals surface area contributed by atoms with Crippen LogP contribution in [0.5, 0.6) is 0 Å². The molecule has 2 unspecified atom stereocenters. The number of likely N-dealkylation sites (tertiary alicyclic amines) is 1. The third-order valence-electron chi connectivity index (χ3n) is 5.19. The fourth-order valence-electron chi connectivity index (χ4n) is 4.10. The summed E-state index contributed by atoms with van der Waals surface area (Å²) in [5, 5.41) is 9.66. The molecule has 1 heterocycles. The van der Waals surface area contributed by atoms with Crippen molar-refractivity contribution in [2.75, 3.05) is 13.1 Å². The van der Waals surface area contributed by atoms with E-state index in [-0.39, 0.29) is 0 Å². The Labute approximate surface area is 134 Å². The Morgan fingerprint density at radius 2 is 2.33 bits per heavy atom. The van der Waals surface area contributed by atoms with Crippen molar-refractivity contribution in [1.82, 2.24) is 4.90 Å². The van der Waals surface area contributed by atoms with Gasteiger partial charge in [-0.15, -0.1) is 0 Å². The van der Waals surface area contributed by atoms with Gasteiger partial charge in [0.15, 0.2) is 0 Å². The molecule has 21 heavy (non-hydrogen) atoms. The molecule has 3 rings (SSSR count). The highest BCUT2D eigenvalue weighted by Gasteiger charge is 2.46. The summed E-state index contributed by atoms with van der Waals surface area (Å²) in [6.45, 7) is 3.69. The maximum Gasteiger partial charge on any atom is 0.310 e. The maximum absolute atomic E-state index is 11.7. The van der Waals surface area contributed by atoms with E-state index in [1.807, 2.05) is 0 Å². The van der Waals surface area contributed by atoms with Gasteiger partial charge in [-0.2, -0.15) is 0 Å². The Morgan fingerprint density at radius 1 is 1.52 bits per heavy atom. The average molecular weight is 352 g/mol. The number of carbonyl (C=O) groups is 1. The molecular formula is C17H22BrNO2. The third kappa shape index (κ3) is 2.53. The molecule has 1 aromatic carbocycles. The largest absolute Gasteiger partial charge is 0.481 e. The van der Waals surface area contributed by atoms with Gasteiger partial charge in [0.25, 0.3) is 0 Å². The molecule has 1 fully saturated rings. The number of fused-ring (bicyclic) bond motifs is 1. The van der Waals surface area contributed by atoms with E-state index < -0.39 is 11.4 Å². The second kappa shape index (κ2) is 5.73. The summed E-state index contributed by atoms with van der Waals surface area (Å²) in [5.41, 5.74) is 2.27. The van der Waals surface area contributed by atoms with Crippen molar-refractivity contribution in [2.45, 2.75) is 45.1 Å². The zero-order valence-electron chi connectivity index (χ0n) is 12.4. The molecule has 0 amide bonds. The van der Waals surface area contributed by atoms with Crippen molar-refractivity contribution in [3.63, 3.8) is 0 Å². The summed E-state index contributed by atoms with van der Waals surface area (Å²) < 4.78 is 1.19. The molecule has 0 radical (unpaired) electrons. The minimum Gasteiger partial charge on any atom is -0.481 e. The van der Waals surface area contributed by atoms with Crippen LogP contribution in [0, 0.1) is 5.41 Å². The van der Waals surface area contributed by atoms with E-state index in [1.54, 1.807) is 0 Å². The van der Waals surface area contributed by atoms with Crippen LogP contribution in [0.4, 0.5) is 0 Å². The lowest BCUT2D eigenvalue weighted by atomic mass is 9.82. The standard InChI is InChI=1S/C17H22BrNO2/c1-2-8-17(16(20)21)9-10-19(11-17)15-7-6-12-13(15)4-3-5-14(12)18/h3-5,15H,2,6-11H2,1H3,(H,20,21). The molecule has 1 aliphatic heterocycles. The monoisotopic (exact) mass is 351 g/mol. The molecule has 4 heteroatoms. The van der Waals surface area contributed by atoms with Crippen molar-refractivity contribution in [3.8, 4) is 0 Å². The minimum absolute atomic E-state index is 0.399. The van der Waals surface area contributed by atoms with Crippen molar-refractivity contribution < 1.29 is 9.90 Å². The zero-order chi connectivity index (χ0) is 15.0. The van der Waals surface area contributed by atoms with E-state index in [2.05, 4.69) is 46.0 Å². The first-order chi connectivity index (χ1) is 10.1. The second-order valence-corrected chi connectivity index (χ2v) is 7.27.